The van der Waals surface area contributed by atoms with Crippen LogP contribution in [-0.4, -0.2) is 245 Å². The summed E-state index contributed by atoms with van der Waals surface area (Å²) in [5.41, 5.74) is 1.73. The number of rotatable bonds is 28. The van der Waals surface area contributed by atoms with E-state index in [2.05, 4.69) is 33.1 Å². The molecule has 91 heavy (non-hydrogen) atoms. The number of halogens is 1. The molecule has 1 unspecified atom stereocenters. The van der Waals surface area contributed by atoms with Gasteiger partial charge in [0.2, 0.25) is 35.4 Å². The Hall–Kier alpha value is -6.97. The lowest BCUT2D eigenvalue weighted by atomic mass is 9.83. The summed E-state index contributed by atoms with van der Waals surface area (Å²) in [5, 5.41) is 18.6. The van der Waals surface area contributed by atoms with Crippen LogP contribution in [0.3, 0.4) is 0 Å². The van der Waals surface area contributed by atoms with Gasteiger partial charge in [-0.15, -0.1) is 0 Å². The van der Waals surface area contributed by atoms with Crippen molar-refractivity contribution in [2.45, 2.75) is 129 Å². The van der Waals surface area contributed by atoms with Gasteiger partial charge >= 0.3 is 12.1 Å². The number of allylic oxidation sites excluding steroid dienone is 3. The SMILES string of the molecule is CCN(C)Cc1cc2ccccc2n1CCC(=O)NCC(=O)N(CCOC)CC(=O)N(CCOC)CC(=O)N(CCOC)CCC(=O)N(C)[C@@H](C)C(=O)O[C@H]1CC(=O)N(C)c2cc(cc(C)c2Cl)C/C(C)=C/C=C/[C@@H](OC)[C@]2(O)C[C@H](OC(=O)N2)[C@@H](C)C2O[C@]21C. The number of carbonyl (C=O) groups excluding carboxylic acids is 8. The largest absolute Gasteiger partial charge is 0.457 e. The molecular weight excluding hydrogens is 1200 g/mol. The Bertz CT molecular complexity index is 3120. The quantitative estimate of drug-likeness (QED) is 0.0677. The molecule has 4 bridgehead atoms. The monoisotopic (exact) mass is 1290 g/mol. The number of likely N-dealkylation sites (N-methyl/N-ethyl adjacent to an activating group) is 1. The van der Waals surface area contributed by atoms with Crippen molar-refractivity contribution in [1.29, 1.82) is 0 Å². The number of epoxide rings is 1. The summed E-state index contributed by atoms with van der Waals surface area (Å²) in [6.45, 7) is 11.4. The molecule has 4 heterocycles. The highest BCUT2D eigenvalue weighted by Crippen LogP contribution is 2.49. The molecule has 26 heteroatoms. The molecule has 1 aromatic heterocycles. The number of alkyl carbamates (subject to hydrolysis) is 1. The van der Waals surface area contributed by atoms with Gasteiger partial charge in [-0.1, -0.05) is 73.5 Å². The molecule has 3 N–H and O–H groups in total. The lowest BCUT2D eigenvalue weighted by molar-refractivity contribution is -0.162. The maximum Gasteiger partial charge on any atom is 0.409 e. The minimum Gasteiger partial charge on any atom is -0.457 e. The standard InChI is InChI=1S/C65H94ClN9O16/c1-14-69(7)39-48-35-47-19-15-16-20-49(47)75(48)25-22-54(76)67-38-57(79)73(27-30-86-11)41-59(81)74(28-31-87-12)40-58(80)72(26-29-85-10)24-23-55(77)70(8)45(5)62(82)90-53-36-56(78)71(9)50-34-46(33-43(3)60(50)66)32-42(2)18-17-21-52(88-13)65(84)37-51(89-63(83)68-65)44(4)61-64(53,6)91-61/h15-21,33-35,44-45,51-53,61,84H,14,22-32,36-41H2,1-13H3,(H,67,76)(H,68,83)/b21-17+,42-18+/t44-,45+,51+,52-,53+,61?,64+,65-/m1/s1. The summed E-state index contributed by atoms with van der Waals surface area (Å²) in [6, 6.07) is 12.6. The number of fused-ring (bicyclic) bond motifs is 6. The van der Waals surface area contributed by atoms with Gasteiger partial charge in [0, 0.05) is 118 Å². The predicted molar refractivity (Wildman–Crippen MR) is 341 cm³/mol. The Balaban J connectivity index is 1.12. The second kappa shape index (κ2) is 33.6. The van der Waals surface area contributed by atoms with Crippen LogP contribution < -0.4 is 15.5 Å². The maximum atomic E-state index is 14.5. The van der Waals surface area contributed by atoms with Gasteiger partial charge < -0.3 is 77.5 Å². The van der Waals surface area contributed by atoms with Crippen LogP contribution in [0.4, 0.5) is 10.5 Å². The van der Waals surface area contributed by atoms with Crippen LogP contribution in [0.1, 0.15) is 77.1 Å². The molecule has 7 amide bonds. The molecule has 0 saturated carbocycles. The topological polar surface area (TPSA) is 273 Å². The molecule has 8 atom stereocenters. The molecule has 3 aliphatic heterocycles. The first kappa shape index (κ1) is 73.1. The summed E-state index contributed by atoms with van der Waals surface area (Å²) in [7, 11) is 10.8. The molecule has 0 radical (unpaired) electrons. The highest BCUT2D eigenvalue weighted by Gasteiger charge is 2.64. The molecule has 0 aliphatic carbocycles. The molecule has 2 aromatic carbocycles. The number of ether oxygens (including phenoxy) is 7. The van der Waals surface area contributed by atoms with E-state index in [0.29, 0.717) is 30.2 Å². The van der Waals surface area contributed by atoms with Crippen molar-refractivity contribution in [3.63, 3.8) is 0 Å². The van der Waals surface area contributed by atoms with E-state index in [1.807, 2.05) is 63.4 Å². The number of esters is 1. The number of hydrogen-bond acceptors (Lipinski definition) is 17. The number of anilines is 1. The number of aromatic nitrogens is 1. The number of nitrogens with one attached hydrogen (secondary N) is 2. The minimum atomic E-state index is -1.90. The smallest absolute Gasteiger partial charge is 0.409 e. The number of para-hydroxylation sites is 1. The Morgan fingerprint density at radius 1 is 0.879 bits per heavy atom. The third-order valence-corrected chi connectivity index (χ3v) is 17.9. The van der Waals surface area contributed by atoms with Gasteiger partial charge in [-0.05, 0) is 82.4 Å². The highest BCUT2D eigenvalue weighted by molar-refractivity contribution is 6.34. The molecule has 502 valence electrons. The van der Waals surface area contributed by atoms with Crippen LogP contribution in [0.2, 0.25) is 5.02 Å². The third-order valence-electron chi connectivity index (χ3n) is 17.4. The number of nitrogens with zero attached hydrogens (tertiary/aromatic N) is 7. The van der Waals surface area contributed by atoms with Crippen LogP contribution >= 0.6 is 11.6 Å². The maximum absolute atomic E-state index is 14.5. The fourth-order valence-electron chi connectivity index (χ4n) is 11.4. The minimum absolute atomic E-state index is 0.0106. The first-order chi connectivity index (χ1) is 43.2. The van der Waals surface area contributed by atoms with Crippen LogP contribution in [0.15, 0.2) is 66.3 Å². The van der Waals surface area contributed by atoms with Gasteiger partial charge in [-0.3, -0.25) is 34.1 Å². The van der Waals surface area contributed by atoms with E-state index in [-0.39, 0.29) is 77.7 Å². The van der Waals surface area contributed by atoms with Crippen molar-refractivity contribution in [2.75, 3.05) is 127 Å². The molecule has 2 fully saturated rings. The zero-order valence-electron chi connectivity index (χ0n) is 55.0. The van der Waals surface area contributed by atoms with Crippen LogP contribution in [0.25, 0.3) is 10.9 Å². The Kier molecular flexibility index (Phi) is 27.0. The van der Waals surface area contributed by atoms with Crippen molar-refractivity contribution >= 4 is 75.7 Å². The molecule has 2 saturated heterocycles. The van der Waals surface area contributed by atoms with E-state index in [1.165, 1.54) is 66.9 Å². The van der Waals surface area contributed by atoms with Gasteiger partial charge in [-0.25, -0.2) is 9.59 Å². The van der Waals surface area contributed by atoms with Gasteiger partial charge in [0.05, 0.1) is 62.7 Å². The van der Waals surface area contributed by atoms with Gasteiger partial charge in [0.1, 0.15) is 30.0 Å². The van der Waals surface area contributed by atoms with Crippen LogP contribution in [0, 0.1) is 12.8 Å². The average Bonchev–Trinajstić information content (AvgIpc) is 1.58. The normalized spacial score (nSPS) is 23.0. The fourth-order valence-corrected chi connectivity index (χ4v) is 11.6. The van der Waals surface area contributed by atoms with E-state index in [4.69, 9.17) is 44.8 Å². The Morgan fingerprint density at radius 3 is 2.16 bits per heavy atom. The van der Waals surface area contributed by atoms with E-state index in [0.717, 1.165) is 39.8 Å². The third kappa shape index (κ3) is 19.3. The molecule has 3 aliphatic rings. The van der Waals surface area contributed by atoms with Crippen molar-refractivity contribution < 1.29 is 76.6 Å². The molecule has 3 aromatic rings. The molecular formula is C65H94ClN9O16. The Morgan fingerprint density at radius 2 is 1.52 bits per heavy atom. The number of carbonyl (C=O) groups is 8. The van der Waals surface area contributed by atoms with E-state index in [9.17, 15) is 43.5 Å². The number of aryl methyl sites for hydroxylation is 2. The predicted octanol–water partition coefficient (Wildman–Crippen LogP) is 4.24. The zero-order valence-corrected chi connectivity index (χ0v) is 55.8. The number of benzene rings is 2. The zero-order chi connectivity index (χ0) is 66.9. The van der Waals surface area contributed by atoms with Crippen LogP contribution in [-0.2, 0) is 86.2 Å². The number of hydrogen-bond donors (Lipinski definition) is 3. The Labute approximate surface area is 539 Å². The number of methoxy groups -OCH3 is 4. The summed E-state index contributed by atoms with van der Waals surface area (Å²) in [4.78, 5) is 120. The first-order valence-electron chi connectivity index (χ1n) is 30.8. The van der Waals surface area contributed by atoms with Crippen molar-refractivity contribution in [3.05, 3.63) is 88.1 Å². The van der Waals surface area contributed by atoms with Gasteiger partial charge in [-0.2, -0.15) is 0 Å². The second-order valence-electron chi connectivity index (χ2n) is 24.0. The van der Waals surface area contributed by atoms with Gasteiger partial charge in [0.15, 0.2) is 5.72 Å². The number of aliphatic hydroxyl groups is 1. The highest BCUT2D eigenvalue weighted by atomic mass is 35.5. The molecule has 6 rings (SSSR count). The summed E-state index contributed by atoms with van der Waals surface area (Å²) >= 11 is 6.88. The average molecular weight is 1290 g/mol. The van der Waals surface area contributed by atoms with Gasteiger partial charge in [0.25, 0.3) is 0 Å². The molecule has 0 spiro atoms. The van der Waals surface area contributed by atoms with Crippen LogP contribution in [0.5, 0.6) is 0 Å². The summed E-state index contributed by atoms with van der Waals surface area (Å²) in [5.74, 6) is -4.55. The molecule has 25 nitrogen and oxygen atoms in total. The van der Waals surface area contributed by atoms with Crippen molar-refractivity contribution in [1.82, 2.24) is 39.7 Å². The van der Waals surface area contributed by atoms with Crippen molar-refractivity contribution in [3.8, 4) is 0 Å². The van der Waals surface area contributed by atoms with E-state index < -0.39 is 109 Å². The number of amides is 7. The summed E-state index contributed by atoms with van der Waals surface area (Å²) < 4.78 is 42.0. The first-order valence-corrected chi connectivity index (χ1v) is 31.2. The summed E-state index contributed by atoms with van der Waals surface area (Å²) in [6.07, 6.45) is 0.154. The lowest BCUT2D eigenvalue weighted by Crippen LogP contribution is -2.63. The van der Waals surface area contributed by atoms with E-state index in [1.54, 1.807) is 33.0 Å². The fraction of sp³-hybridized carbons (Fsp3) is 0.600. The van der Waals surface area contributed by atoms with E-state index >= 15 is 0 Å². The van der Waals surface area contributed by atoms with Crippen molar-refractivity contribution in [2.24, 2.45) is 5.92 Å². The lowest BCUT2D eigenvalue weighted by Gasteiger charge is -2.42. The second-order valence-corrected chi connectivity index (χ2v) is 24.3.